The first-order valence-corrected chi connectivity index (χ1v) is 7.63. The summed E-state index contributed by atoms with van der Waals surface area (Å²) in [6.45, 7) is 0. The van der Waals surface area contributed by atoms with E-state index >= 15 is 0 Å². The van der Waals surface area contributed by atoms with Crippen molar-refractivity contribution in [3.05, 3.63) is 0 Å². The smallest absolute Gasteiger partial charge is 0.248 e. The summed E-state index contributed by atoms with van der Waals surface area (Å²) in [6, 6.07) is 0.0125. The van der Waals surface area contributed by atoms with Gasteiger partial charge in [0.1, 0.15) is 0 Å². The molecular weight excluding hydrogens is 272 g/mol. The number of rotatable bonds is 2. The number of hydrogen-bond donors (Lipinski definition) is 0. The van der Waals surface area contributed by atoms with Gasteiger partial charge >= 0.3 is 0 Å². The second kappa shape index (κ2) is 5.94. The minimum absolute atomic E-state index is 0.0125. The lowest BCUT2D eigenvalue weighted by Crippen LogP contribution is -2.48. The molecule has 2 aliphatic rings. The van der Waals surface area contributed by atoms with Crippen LogP contribution in [0.3, 0.4) is 0 Å². The third-order valence-corrected chi connectivity index (χ3v) is 4.99. The summed E-state index contributed by atoms with van der Waals surface area (Å²) in [6.07, 6.45) is 4.59. The van der Waals surface area contributed by atoms with Gasteiger partial charge in [-0.15, -0.1) is 11.6 Å². The van der Waals surface area contributed by atoms with Gasteiger partial charge in [0, 0.05) is 31.8 Å². The maximum absolute atomic E-state index is 13.4. The Morgan fingerprint density at radius 3 is 2.53 bits per heavy atom. The Hall–Kier alpha value is -0.380. The fourth-order valence-electron chi connectivity index (χ4n) is 3.34. The highest BCUT2D eigenvalue weighted by molar-refractivity contribution is 6.21. The summed E-state index contributed by atoms with van der Waals surface area (Å²) < 4.78 is 26.8. The minimum Gasteiger partial charge on any atom is -0.341 e. The Morgan fingerprint density at radius 1 is 1.21 bits per heavy atom. The van der Waals surface area contributed by atoms with E-state index in [1.165, 1.54) is 0 Å². The second-order valence-electron chi connectivity index (χ2n) is 5.97. The molecule has 0 aromatic rings. The highest BCUT2D eigenvalue weighted by Crippen LogP contribution is 2.38. The maximum atomic E-state index is 13.4. The van der Waals surface area contributed by atoms with Gasteiger partial charge in [-0.25, -0.2) is 8.78 Å². The molecule has 0 heterocycles. The van der Waals surface area contributed by atoms with Crippen molar-refractivity contribution in [2.24, 2.45) is 5.92 Å². The Bertz CT molecular complexity index is 337. The fraction of sp³-hybridized carbons (Fsp3) is 0.929. The number of halogens is 3. The second-order valence-corrected chi connectivity index (χ2v) is 6.53. The molecule has 3 unspecified atom stereocenters. The average molecular weight is 294 g/mol. The Balaban J connectivity index is 1.98. The Labute approximate surface area is 118 Å². The standard InChI is InChI=1S/C14H22ClF2NO/c1-18(12-7-3-2-6-11(12)15)13(19)10-5-4-8-14(16,17)9-10/h10-12H,2-9H2,1H3. The molecule has 0 radical (unpaired) electrons. The van der Waals surface area contributed by atoms with Crippen LogP contribution in [-0.4, -0.2) is 35.2 Å². The minimum atomic E-state index is -2.67. The zero-order chi connectivity index (χ0) is 14.0. The van der Waals surface area contributed by atoms with Crippen LogP contribution in [0, 0.1) is 5.92 Å². The molecule has 3 atom stereocenters. The summed E-state index contributed by atoms with van der Waals surface area (Å²) in [7, 11) is 1.72. The van der Waals surface area contributed by atoms with Gasteiger partial charge in [-0.2, -0.15) is 0 Å². The summed E-state index contributed by atoms with van der Waals surface area (Å²) in [5, 5.41) is -0.0354. The predicted molar refractivity (Wildman–Crippen MR) is 71.6 cm³/mol. The molecule has 19 heavy (non-hydrogen) atoms. The molecule has 2 nitrogen and oxygen atoms in total. The number of alkyl halides is 3. The van der Waals surface area contributed by atoms with Crippen LogP contribution in [0.15, 0.2) is 0 Å². The van der Waals surface area contributed by atoms with E-state index in [0.717, 1.165) is 25.7 Å². The molecule has 0 N–H and O–H groups in total. The van der Waals surface area contributed by atoms with Crippen LogP contribution in [0.4, 0.5) is 8.78 Å². The van der Waals surface area contributed by atoms with Gasteiger partial charge in [-0.05, 0) is 25.7 Å². The van der Waals surface area contributed by atoms with Crippen molar-refractivity contribution in [2.45, 2.75) is 68.7 Å². The number of carbonyl (C=O) groups excluding carboxylic acids is 1. The number of hydrogen-bond acceptors (Lipinski definition) is 1. The van der Waals surface area contributed by atoms with E-state index in [9.17, 15) is 13.6 Å². The van der Waals surface area contributed by atoms with Gasteiger partial charge < -0.3 is 4.90 Å². The highest BCUT2D eigenvalue weighted by atomic mass is 35.5. The molecule has 110 valence electrons. The third kappa shape index (κ3) is 3.59. The van der Waals surface area contributed by atoms with Crippen LogP contribution < -0.4 is 0 Å². The van der Waals surface area contributed by atoms with Crippen LogP contribution in [0.25, 0.3) is 0 Å². The molecule has 2 rings (SSSR count). The first-order chi connectivity index (χ1) is 8.91. The van der Waals surface area contributed by atoms with Crippen LogP contribution in [-0.2, 0) is 4.79 Å². The summed E-state index contributed by atoms with van der Waals surface area (Å²) in [5.74, 6) is -3.34. The number of nitrogens with zero attached hydrogens (tertiary/aromatic N) is 1. The fourth-order valence-corrected chi connectivity index (χ4v) is 3.79. The number of amides is 1. The summed E-state index contributed by atoms with van der Waals surface area (Å²) in [4.78, 5) is 14.0. The van der Waals surface area contributed by atoms with Crippen molar-refractivity contribution >= 4 is 17.5 Å². The van der Waals surface area contributed by atoms with Crippen molar-refractivity contribution in [1.29, 1.82) is 0 Å². The zero-order valence-electron chi connectivity index (χ0n) is 11.4. The molecule has 5 heteroatoms. The summed E-state index contributed by atoms with van der Waals surface area (Å²) in [5.41, 5.74) is 0. The zero-order valence-corrected chi connectivity index (χ0v) is 12.1. The predicted octanol–water partition coefficient (Wildman–Crippen LogP) is 3.82. The Morgan fingerprint density at radius 2 is 1.89 bits per heavy atom. The quantitative estimate of drug-likeness (QED) is 0.709. The monoisotopic (exact) mass is 293 g/mol. The highest BCUT2D eigenvalue weighted by Gasteiger charge is 2.41. The molecule has 0 bridgehead atoms. The topological polar surface area (TPSA) is 20.3 Å². The molecule has 0 aromatic heterocycles. The van der Waals surface area contributed by atoms with E-state index in [2.05, 4.69) is 0 Å². The molecule has 0 aliphatic heterocycles. The Kier molecular flexibility index (Phi) is 4.70. The van der Waals surface area contributed by atoms with Gasteiger partial charge in [0.25, 0.3) is 0 Å². The number of carbonyl (C=O) groups is 1. The molecule has 2 fully saturated rings. The van der Waals surface area contributed by atoms with E-state index < -0.39 is 11.8 Å². The van der Waals surface area contributed by atoms with Crippen LogP contribution in [0.2, 0.25) is 0 Å². The van der Waals surface area contributed by atoms with E-state index in [4.69, 9.17) is 11.6 Å². The van der Waals surface area contributed by atoms with Crippen molar-refractivity contribution in [1.82, 2.24) is 4.90 Å². The molecule has 0 spiro atoms. The summed E-state index contributed by atoms with van der Waals surface area (Å²) >= 11 is 6.27. The van der Waals surface area contributed by atoms with Crippen LogP contribution in [0.1, 0.15) is 51.4 Å². The largest absolute Gasteiger partial charge is 0.341 e. The lowest BCUT2D eigenvalue weighted by atomic mass is 9.84. The maximum Gasteiger partial charge on any atom is 0.248 e. The SMILES string of the molecule is CN(C(=O)C1CCCC(F)(F)C1)C1CCCCC1Cl. The molecular formula is C14H22ClF2NO. The van der Waals surface area contributed by atoms with Gasteiger partial charge in [-0.1, -0.05) is 12.8 Å². The average Bonchev–Trinajstić information content (AvgIpc) is 2.36. The van der Waals surface area contributed by atoms with E-state index in [-0.39, 0.29) is 30.2 Å². The van der Waals surface area contributed by atoms with Gasteiger partial charge in [0.15, 0.2) is 0 Å². The third-order valence-electron chi connectivity index (χ3n) is 4.48. The first-order valence-electron chi connectivity index (χ1n) is 7.19. The molecule has 2 saturated carbocycles. The molecule has 1 amide bonds. The van der Waals surface area contributed by atoms with Crippen molar-refractivity contribution in [2.75, 3.05) is 7.05 Å². The van der Waals surface area contributed by atoms with Crippen LogP contribution in [0.5, 0.6) is 0 Å². The van der Waals surface area contributed by atoms with Gasteiger partial charge in [-0.3, -0.25) is 4.79 Å². The van der Waals surface area contributed by atoms with E-state index in [0.29, 0.717) is 12.8 Å². The molecule has 0 aromatic carbocycles. The van der Waals surface area contributed by atoms with Crippen LogP contribution >= 0.6 is 11.6 Å². The first kappa shape index (κ1) is 15.0. The van der Waals surface area contributed by atoms with Crippen molar-refractivity contribution in [3.63, 3.8) is 0 Å². The van der Waals surface area contributed by atoms with Gasteiger partial charge in [0.2, 0.25) is 11.8 Å². The van der Waals surface area contributed by atoms with E-state index in [1.54, 1.807) is 11.9 Å². The molecule has 0 saturated heterocycles. The van der Waals surface area contributed by atoms with Crippen molar-refractivity contribution in [3.8, 4) is 0 Å². The lowest BCUT2D eigenvalue weighted by molar-refractivity contribution is -0.143. The van der Waals surface area contributed by atoms with Gasteiger partial charge in [0.05, 0.1) is 5.38 Å². The normalized spacial score (nSPS) is 34.8. The lowest BCUT2D eigenvalue weighted by Gasteiger charge is -2.38. The van der Waals surface area contributed by atoms with Crippen molar-refractivity contribution < 1.29 is 13.6 Å². The van der Waals surface area contributed by atoms with E-state index in [1.807, 2.05) is 0 Å². The molecule has 2 aliphatic carbocycles.